The molecule has 1 heterocycles. The zero-order chi connectivity index (χ0) is 13.2. The van der Waals surface area contributed by atoms with E-state index in [1.165, 1.54) is 0 Å². The monoisotopic (exact) mass is 267 g/mol. The molecule has 0 unspecified atom stereocenters. The normalized spacial score (nSPS) is 10.6. The quantitative estimate of drug-likeness (QED) is 0.654. The van der Waals surface area contributed by atoms with Crippen molar-refractivity contribution in [1.29, 1.82) is 0 Å². The highest BCUT2D eigenvalue weighted by Gasteiger charge is 2.09. The van der Waals surface area contributed by atoms with E-state index in [-0.39, 0.29) is 5.78 Å². The maximum Gasteiger partial charge on any atom is 0.194 e. The Morgan fingerprint density at radius 2 is 1.74 bits per heavy atom. The molecular formula is C16H10ClNO. The zero-order valence-corrected chi connectivity index (χ0v) is 10.8. The van der Waals surface area contributed by atoms with Crippen LogP contribution in [0, 0.1) is 0 Å². The van der Waals surface area contributed by atoms with Gasteiger partial charge in [0.2, 0.25) is 0 Å². The molecule has 19 heavy (non-hydrogen) atoms. The SMILES string of the molecule is O=C(c1ccccc1)c1cnc2ccc(Cl)cc2c1. The molecule has 3 aromatic rings. The third-order valence-corrected chi connectivity index (χ3v) is 3.18. The van der Waals surface area contributed by atoms with Gasteiger partial charge >= 0.3 is 0 Å². The maximum absolute atomic E-state index is 12.3. The lowest BCUT2D eigenvalue weighted by Crippen LogP contribution is -2.01. The number of hydrogen-bond donors (Lipinski definition) is 0. The summed E-state index contributed by atoms with van der Waals surface area (Å²) in [4.78, 5) is 16.6. The van der Waals surface area contributed by atoms with Gasteiger partial charge in [-0.05, 0) is 24.3 Å². The van der Waals surface area contributed by atoms with Crippen LogP contribution in [0.15, 0.2) is 60.8 Å². The highest BCUT2D eigenvalue weighted by Crippen LogP contribution is 2.20. The summed E-state index contributed by atoms with van der Waals surface area (Å²) in [6.07, 6.45) is 1.60. The van der Waals surface area contributed by atoms with Crippen LogP contribution < -0.4 is 0 Å². The van der Waals surface area contributed by atoms with Gasteiger partial charge in [0.1, 0.15) is 0 Å². The van der Waals surface area contributed by atoms with E-state index in [4.69, 9.17) is 11.6 Å². The molecule has 0 N–H and O–H groups in total. The third-order valence-electron chi connectivity index (χ3n) is 2.94. The van der Waals surface area contributed by atoms with Gasteiger partial charge in [-0.1, -0.05) is 41.9 Å². The molecule has 92 valence electrons. The van der Waals surface area contributed by atoms with E-state index < -0.39 is 0 Å². The molecule has 2 aromatic carbocycles. The first-order valence-electron chi connectivity index (χ1n) is 5.89. The Balaban J connectivity index is 2.08. The number of carbonyl (C=O) groups excluding carboxylic acids is 1. The number of fused-ring (bicyclic) bond motifs is 1. The molecule has 0 atom stereocenters. The van der Waals surface area contributed by atoms with E-state index in [9.17, 15) is 4.79 Å². The Hall–Kier alpha value is -2.19. The fourth-order valence-corrected chi connectivity index (χ4v) is 2.16. The molecule has 0 radical (unpaired) electrons. The maximum atomic E-state index is 12.3. The number of benzene rings is 2. The van der Waals surface area contributed by atoms with Gasteiger partial charge in [0.15, 0.2) is 5.78 Å². The van der Waals surface area contributed by atoms with Crippen LogP contribution in [0.5, 0.6) is 0 Å². The second kappa shape index (κ2) is 4.82. The van der Waals surface area contributed by atoms with Crippen molar-refractivity contribution in [3.63, 3.8) is 0 Å². The Bertz CT molecular complexity index is 753. The average molecular weight is 268 g/mol. The lowest BCUT2D eigenvalue weighted by molar-refractivity contribution is 0.103. The van der Waals surface area contributed by atoms with Crippen molar-refractivity contribution in [2.24, 2.45) is 0 Å². The third kappa shape index (κ3) is 2.35. The van der Waals surface area contributed by atoms with Crippen molar-refractivity contribution in [2.45, 2.75) is 0 Å². The van der Waals surface area contributed by atoms with Gasteiger partial charge in [0.25, 0.3) is 0 Å². The summed E-state index contributed by atoms with van der Waals surface area (Å²) in [5.74, 6) is -0.0324. The number of pyridine rings is 1. The second-order valence-corrected chi connectivity index (χ2v) is 4.69. The van der Waals surface area contributed by atoms with Crippen LogP contribution in [0.2, 0.25) is 5.02 Å². The first-order valence-corrected chi connectivity index (χ1v) is 6.27. The van der Waals surface area contributed by atoms with E-state index in [0.717, 1.165) is 10.9 Å². The lowest BCUT2D eigenvalue weighted by Gasteiger charge is -2.03. The fraction of sp³-hybridized carbons (Fsp3) is 0. The number of rotatable bonds is 2. The van der Waals surface area contributed by atoms with Gasteiger partial charge in [-0.15, -0.1) is 0 Å². The Morgan fingerprint density at radius 3 is 2.53 bits per heavy atom. The van der Waals surface area contributed by atoms with Gasteiger partial charge in [-0.2, -0.15) is 0 Å². The van der Waals surface area contributed by atoms with E-state index >= 15 is 0 Å². The Morgan fingerprint density at radius 1 is 0.947 bits per heavy atom. The molecule has 0 saturated heterocycles. The summed E-state index contributed by atoms with van der Waals surface area (Å²) >= 11 is 5.95. The number of halogens is 1. The minimum atomic E-state index is -0.0324. The van der Waals surface area contributed by atoms with Crippen molar-refractivity contribution in [3.8, 4) is 0 Å². The molecule has 0 spiro atoms. The van der Waals surface area contributed by atoms with Crippen LogP contribution in [-0.4, -0.2) is 10.8 Å². The van der Waals surface area contributed by atoms with Gasteiger partial charge in [0, 0.05) is 27.7 Å². The van der Waals surface area contributed by atoms with Crippen molar-refractivity contribution in [3.05, 3.63) is 76.9 Å². The van der Waals surface area contributed by atoms with Crippen LogP contribution in [-0.2, 0) is 0 Å². The Labute approximate surface area is 115 Å². The molecular weight excluding hydrogens is 258 g/mol. The standard InChI is InChI=1S/C16H10ClNO/c17-14-6-7-15-12(9-14)8-13(10-18-15)16(19)11-4-2-1-3-5-11/h1-10H. The van der Waals surface area contributed by atoms with Crippen LogP contribution in [0.4, 0.5) is 0 Å². The molecule has 0 aliphatic rings. The number of carbonyl (C=O) groups is 1. The summed E-state index contributed by atoms with van der Waals surface area (Å²) < 4.78 is 0. The highest BCUT2D eigenvalue weighted by molar-refractivity contribution is 6.31. The van der Waals surface area contributed by atoms with E-state index in [1.807, 2.05) is 36.4 Å². The highest BCUT2D eigenvalue weighted by atomic mass is 35.5. The summed E-state index contributed by atoms with van der Waals surface area (Å²) in [6.45, 7) is 0. The molecule has 0 aliphatic heterocycles. The molecule has 2 nitrogen and oxygen atoms in total. The molecule has 3 heteroatoms. The largest absolute Gasteiger partial charge is 0.289 e. The smallest absolute Gasteiger partial charge is 0.194 e. The number of nitrogens with zero attached hydrogens (tertiary/aromatic N) is 1. The van der Waals surface area contributed by atoms with Crippen LogP contribution in [0.3, 0.4) is 0 Å². The van der Waals surface area contributed by atoms with Crippen LogP contribution >= 0.6 is 11.6 Å². The summed E-state index contributed by atoms with van der Waals surface area (Å²) in [7, 11) is 0. The van der Waals surface area contributed by atoms with Crippen molar-refractivity contribution >= 4 is 28.3 Å². The molecule has 1 aromatic heterocycles. The van der Waals surface area contributed by atoms with E-state index in [2.05, 4.69) is 4.98 Å². The molecule has 0 bridgehead atoms. The molecule has 0 saturated carbocycles. The number of hydrogen-bond acceptors (Lipinski definition) is 2. The van der Waals surface area contributed by atoms with Gasteiger partial charge in [-0.25, -0.2) is 0 Å². The summed E-state index contributed by atoms with van der Waals surface area (Å²) in [5, 5.41) is 1.51. The molecule has 3 rings (SSSR count). The average Bonchev–Trinajstić information content (AvgIpc) is 2.46. The predicted octanol–water partition coefficient (Wildman–Crippen LogP) is 4.12. The van der Waals surface area contributed by atoms with Crippen molar-refractivity contribution < 1.29 is 4.79 Å². The first kappa shape index (κ1) is 11.9. The minimum Gasteiger partial charge on any atom is -0.289 e. The summed E-state index contributed by atoms with van der Waals surface area (Å²) in [6, 6.07) is 16.4. The van der Waals surface area contributed by atoms with Crippen LogP contribution in [0.1, 0.15) is 15.9 Å². The first-order chi connectivity index (χ1) is 9.24. The minimum absolute atomic E-state index is 0.0324. The number of aromatic nitrogens is 1. The molecule has 0 aliphatic carbocycles. The molecule has 0 fully saturated rings. The fourth-order valence-electron chi connectivity index (χ4n) is 1.98. The van der Waals surface area contributed by atoms with Gasteiger partial charge in [-0.3, -0.25) is 9.78 Å². The van der Waals surface area contributed by atoms with Crippen LogP contribution in [0.25, 0.3) is 10.9 Å². The second-order valence-electron chi connectivity index (χ2n) is 4.26. The van der Waals surface area contributed by atoms with Crippen molar-refractivity contribution in [1.82, 2.24) is 4.98 Å². The lowest BCUT2D eigenvalue weighted by atomic mass is 10.0. The van der Waals surface area contributed by atoms with Gasteiger partial charge in [0.05, 0.1) is 5.52 Å². The molecule has 0 amide bonds. The zero-order valence-electron chi connectivity index (χ0n) is 10.0. The van der Waals surface area contributed by atoms with Gasteiger partial charge < -0.3 is 0 Å². The Kier molecular flexibility index (Phi) is 3.02. The number of ketones is 1. The topological polar surface area (TPSA) is 30.0 Å². The predicted molar refractivity (Wildman–Crippen MR) is 76.6 cm³/mol. The van der Waals surface area contributed by atoms with E-state index in [1.54, 1.807) is 24.4 Å². The summed E-state index contributed by atoms with van der Waals surface area (Å²) in [5.41, 5.74) is 2.06. The van der Waals surface area contributed by atoms with Crippen molar-refractivity contribution in [2.75, 3.05) is 0 Å². The van der Waals surface area contributed by atoms with E-state index in [0.29, 0.717) is 16.1 Å².